The minimum absolute atomic E-state index is 0.200. The van der Waals surface area contributed by atoms with Crippen LogP contribution in [0.15, 0.2) is 12.1 Å². The van der Waals surface area contributed by atoms with Crippen LogP contribution in [-0.4, -0.2) is 13.1 Å². The molecule has 4 nitrogen and oxygen atoms in total. The molecule has 1 rings (SSSR count). The smallest absolute Gasteiger partial charge is 0.309 e. The van der Waals surface area contributed by atoms with E-state index in [1.807, 2.05) is 6.92 Å². The van der Waals surface area contributed by atoms with Crippen LogP contribution in [-0.2, 0) is 16.0 Å². The molecule has 0 unspecified atom stereocenters. The van der Waals surface area contributed by atoms with Crippen LogP contribution in [0.3, 0.4) is 0 Å². The predicted octanol–water partition coefficient (Wildman–Crippen LogP) is 0.875. The molecule has 0 atom stereocenters. The lowest BCUT2D eigenvalue weighted by Crippen LogP contribution is -2.06. The van der Waals surface area contributed by atoms with Crippen molar-refractivity contribution in [2.24, 2.45) is 0 Å². The maximum Gasteiger partial charge on any atom is 0.309 e. The van der Waals surface area contributed by atoms with Gasteiger partial charge >= 0.3 is 5.97 Å². The van der Waals surface area contributed by atoms with Crippen LogP contribution < -0.4 is 11.5 Å². The summed E-state index contributed by atoms with van der Waals surface area (Å²) in [6, 6.07) is 3.48. The Morgan fingerprint density at radius 3 is 2.29 bits per heavy atom. The average molecular weight is 194 g/mol. The van der Waals surface area contributed by atoms with Gasteiger partial charge < -0.3 is 16.2 Å². The fraction of sp³-hybridized carbons (Fsp3) is 0.300. The van der Waals surface area contributed by atoms with E-state index in [0.29, 0.717) is 11.4 Å². The van der Waals surface area contributed by atoms with Gasteiger partial charge in [-0.15, -0.1) is 0 Å². The second-order valence-corrected chi connectivity index (χ2v) is 3.15. The van der Waals surface area contributed by atoms with E-state index in [-0.39, 0.29) is 12.4 Å². The highest BCUT2D eigenvalue weighted by Crippen LogP contribution is 2.21. The van der Waals surface area contributed by atoms with Crippen molar-refractivity contribution in [3.8, 4) is 0 Å². The third-order valence-electron chi connectivity index (χ3n) is 2.12. The van der Waals surface area contributed by atoms with Gasteiger partial charge in [-0.3, -0.25) is 4.79 Å². The number of ether oxygens (including phenoxy) is 1. The zero-order valence-electron chi connectivity index (χ0n) is 8.33. The molecule has 0 amide bonds. The van der Waals surface area contributed by atoms with Gasteiger partial charge in [0.1, 0.15) is 0 Å². The molecular weight excluding hydrogens is 180 g/mol. The van der Waals surface area contributed by atoms with E-state index in [1.54, 1.807) is 12.1 Å². The maximum atomic E-state index is 11.0. The third kappa shape index (κ3) is 2.16. The van der Waals surface area contributed by atoms with E-state index in [0.717, 1.165) is 11.1 Å². The van der Waals surface area contributed by atoms with E-state index in [4.69, 9.17) is 11.5 Å². The van der Waals surface area contributed by atoms with Gasteiger partial charge in [-0.05, 0) is 30.2 Å². The number of esters is 1. The molecule has 1 aromatic carbocycles. The Bertz CT molecular complexity index is 338. The highest BCUT2D eigenvalue weighted by molar-refractivity contribution is 5.74. The number of nitrogen functional groups attached to an aromatic ring is 2. The molecule has 0 fully saturated rings. The summed E-state index contributed by atoms with van der Waals surface area (Å²) in [6.07, 6.45) is 0.200. The number of hydrogen-bond acceptors (Lipinski definition) is 4. The number of methoxy groups -OCH3 is 1. The second-order valence-electron chi connectivity index (χ2n) is 3.15. The van der Waals surface area contributed by atoms with E-state index in [9.17, 15) is 4.79 Å². The predicted molar refractivity (Wildman–Crippen MR) is 55.7 cm³/mol. The molecule has 76 valence electrons. The first-order chi connectivity index (χ1) is 6.54. The number of hydrogen-bond donors (Lipinski definition) is 2. The molecule has 0 saturated carbocycles. The Kier molecular flexibility index (Phi) is 2.96. The summed E-state index contributed by atoms with van der Waals surface area (Å²) in [4.78, 5) is 11.0. The summed E-state index contributed by atoms with van der Waals surface area (Å²) in [6.45, 7) is 1.84. The Morgan fingerprint density at radius 2 is 1.86 bits per heavy atom. The van der Waals surface area contributed by atoms with Crippen molar-refractivity contribution in [3.63, 3.8) is 0 Å². The lowest BCUT2D eigenvalue weighted by atomic mass is 10.1. The lowest BCUT2D eigenvalue weighted by Gasteiger charge is -2.07. The Morgan fingerprint density at radius 1 is 1.36 bits per heavy atom. The summed E-state index contributed by atoms with van der Waals surface area (Å²) in [5, 5.41) is 0. The molecule has 4 N–H and O–H groups in total. The van der Waals surface area contributed by atoms with Gasteiger partial charge in [0.05, 0.1) is 13.5 Å². The summed E-state index contributed by atoms with van der Waals surface area (Å²) in [7, 11) is 1.35. The van der Waals surface area contributed by atoms with Crippen molar-refractivity contribution < 1.29 is 9.53 Å². The van der Waals surface area contributed by atoms with Crippen LogP contribution in [0, 0.1) is 6.92 Å². The van der Waals surface area contributed by atoms with Gasteiger partial charge in [-0.25, -0.2) is 0 Å². The van der Waals surface area contributed by atoms with E-state index in [2.05, 4.69) is 4.74 Å². The molecule has 14 heavy (non-hydrogen) atoms. The van der Waals surface area contributed by atoms with Crippen molar-refractivity contribution >= 4 is 17.3 Å². The lowest BCUT2D eigenvalue weighted by molar-refractivity contribution is -0.139. The molecule has 0 saturated heterocycles. The van der Waals surface area contributed by atoms with Crippen molar-refractivity contribution in [1.29, 1.82) is 0 Å². The molecular formula is C10H14N2O2. The van der Waals surface area contributed by atoms with Gasteiger partial charge in [0, 0.05) is 11.4 Å². The highest BCUT2D eigenvalue weighted by Gasteiger charge is 2.06. The van der Waals surface area contributed by atoms with E-state index >= 15 is 0 Å². The van der Waals surface area contributed by atoms with Gasteiger partial charge in [-0.2, -0.15) is 0 Å². The fourth-order valence-corrected chi connectivity index (χ4v) is 1.17. The molecule has 0 radical (unpaired) electrons. The summed E-state index contributed by atoms with van der Waals surface area (Å²) in [5.41, 5.74) is 14.2. The molecule has 0 aliphatic carbocycles. The van der Waals surface area contributed by atoms with Crippen LogP contribution in [0.1, 0.15) is 11.1 Å². The zero-order chi connectivity index (χ0) is 10.7. The molecule has 4 heteroatoms. The first-order valence-corrected chi connectivity index (χ1v) is 4.26. The van der Waals surface area contributed by atoms with Crippen LogP contribution in [0.25, 0.3) is 0 Å². The minimum atomic E-state index is -0.298. The largest absolute Gasteiger partial charge is 0.469 e. The quantitative estimate of drug-likeness (QED) is 0.541. The average Bonchev–Trinajstić information content (AvgIpc) is 2.14. The van der Waals surface area contributed by atoms with Gasteiger partial charge in [0.15, 0.2) is 0 Å². The Hall–Kier alpha value is -1.71. The van der Waals surface area contributed by atoms with E-state index in [1.165, 1.54) is 7.11 Å². The van der Waals surface area contributed by atoms with Crippen molar-refractivity contribution in [2.45, 2.75) is 13.3 Å². The SMILES string of the molecule is COC(=O)Cc1cc(N)c(C)c(N)c1. The minimum Gasteiger partial charge on any atom is -0.469 e. The standard InChI is InChI=1S/C10H14N2O2/c1-6-8(11)3-7(4-9(6)12)5-10(13)14-2/h3-4H,5,11-12H2,1-2H3. The molecule has 1 aromatic rings. The molecule has 0 aromatic heterocycles. The van der Waals surface area contributed by atoms with Crippen LogP contribution >= 0.6 is 0 Å². The molecule has 0 spiro atoms. The van der Waals surface area contributed by atoms with Crippen molar-refractivity contribution in [3.05, 3.63) is 23.3 Å². The highest BCUT2D eigenvalue weighted by atomic mass is 16.5. The topological polar surface area (TPSA) is 78.3 Å². The van der Waals surface area contributed by atoms with Crippen molar-refractivity contribution in [2.75, 3.05) is 18.6 Å². The monoisotopic (exact) mass is 194 g/mol. The third-order valence-corrected chi connectivity index (χ3v) is 2.12. The summed E-state index contributed by atoms with van der Waals surface area (Å²) >= 11 is 0. The number of carbonyl (C=O) groups is 1. The number of carbonyl (C=O) groups excluding carboxylic acids is 1. The first-order valence-electron chi connectivity index (χ1n) is 4.26. The molecule has 0 bridgehead atoms. The fourth-order valence-electron chi connectivity index (χ4n) is 1.17. The van der Waals surface area contributed by atoms with Crippen molar-refractivity contribution in [1.82, 2.24) is 0 Å². The van der Waals surface area contributed by atoms with Gasteiger partial charge in [0.2, 0.25) is 0 Å². The van der Waals surface area contributed by atoms with Gasteiger partial charge in [0.25, 0.3) is 0 Å². The Labute approximate surface area is 82.8 Å². The summed E-state index contributed by atoms with van der Waals surface area (Å²) in [5.74, 6) is -0.298. The first kappa shape index (κ1) is 10.4. The van der Waals surface area contributed by atoms with Crippen LogP contribution in [0.4, 0.5) is 11.4 Å². The number of rotatable bonds is 2. The summed E-state index contributed by atoms with van der Waals surface area (Å²) < 4.78 is 4.54. The second kappa shape index (κ2) is 4.00. The number of nitrogens with two attached hydrogens (primary N) is 2. The molecule has 0 heterocycles. The van der Waals surface area contributed by atoms with Crippen LogP contribution in [0.2, 0.25) is 0 Å². The van der Waals surface area contributed by atoms with E-state index < -0.39 is 0 Å². The molecule has 0 aliphatic rings. The molecule has 0 aliphatic heterocycles. The number of anilines is 2. The Balaban J connectivity index is 2.95. The number of benzene rings is 1. The van der Waals surface area contributed by atoms with Crippen LogP contribution in [0.5, 0.6) is 0 Å². The normalized spacial score (nSPS) is 9.86. The maximum absolute atomic E-state index is 11.0. The van der Waals surface area contributed by atoms with Gasteiger partial charge in [-0.1, -0.05) is 0 Å². The zero-order valence-corrected chi connectivity index (χ0v) is 8.33.